The van der Waals surface area contributed by atoms with Gasteiger partial charge < -0.3 is 15.4 Å². The Morgan fingerprint density at radius 3 is 2.52 bits per heavy atom. The molecule has 0 saturated carbocycles. The summed E-state index contributed by atoms with van der Waals surface area (Å²) in [7, 11) is 0. The lowest BCUT2D eigenvalue weighted by molar-refractivity contribution is -0.123. The second-order valence-corrected chi connectivity index (χ2v) is 6.45. The molecule has 134 valence electrons. The average Bonchev–Trinajstić information content (AvgIpc) is 2.68. The number of hydrogen-bond donors (Lipinski definition) is 2. The van der Waals surface area contributed by atoms with Gasteiger partial charge in [0.05, 0.1) is 16.3 Å². The van der Waals surface area contributed by atoms with Crippen LogP contribution in [0.2, 0.25) is 5.02 Å². The number of rotatable bonds is 3. The van der Waals surface area contributed by atoms with Gasteiger partial charge in [-0.05, 0) is 30.3 Å². The molecule has 0 saturated heterocycles. The summed E-state index contributed by atoms with van der Waals surface area (Å²) in [5, 5.41) is 5.98. The number of nitrogens with one attached hydrogen (secondary N) is 2. The van der Waals surface area contributed by atoms with Crippen LogP contribution in [-0.2, 0) is 4.79 Å². The van der Waals surface area contributed by atoms with E-state index >= 15 is 0 Å². The first-order valence-corrected chi connectivity index (χ1v) is 8.72. The maximum atomic E-state index is 12.4. The van der Waals surface area contributed by atoms with Crippen LogP contribution >= 0.6 is 11.6 Å². The Morgan fingerprint density at radius 2 is 1.74 bits per heavy atom. The highest BCUT2D eigenvalue weighted by molar-refractivity contribution is 6.34. The van der Waals surface area contributed by atoms with E-state index in [1.165, 1.54) is 0 Å². The largest absolute Gasteiger partial charge is 0.474 e. The van der Waals surface area contributed by atoms with Crippen molar-refractivity contribution in [2.75, 3.05) is 10.6 Å². The highest BCUT2D eigenvalue weighted by atomic mass is 35.5. The molecule has 3 aromatic carbocycles. The molecular formula is C21H15ClN2O3. The Morgan fingerprint density at radius 1 is 1.00 bits per heavy atom. The normalized spacial score (nSPS) is 15.3. The molecule has 1 atom stereocenters. The summed E-state index contributed by atoms with van der Waals surface area (Å²) in [6.45, 7) is 0. The molecule has 0 radical (unpaired) electrons. The summed E-state index contributed by atoms with van der Waals surface area (Å²) >= 11 is 6.06. The zero-order valence-corrected chi connectivity index (χ0v) is 14.9. The van der Waals surface area contributed by atoms with Crippen molar-refractivity contribution < 1.29 is 14.3 Å². The van der Waals surface area contributed by atoms with Crippen LogP contribution in [0.15, 0.2) is 72.8 Å². The Hall–Kier alpha value is -3.31. The maximum Gasteiger partial charge on any atom is 0.270 e. The van der Waals surface area contributed by atoms with E-state index in [1.54, 1.807) is 42.5 Å². The first-order valence-electron chi connectivity index (χ1n) is 8.34. The lowest BCUT2D eigenvalue weighted by Gasteiger charge is -2.26. The van der Waals surface area contributed by atoms with Crippen molar-refractivity contribution in [3.8, 4) is 5.75 Å². The van der Waals surface area contributed by atoms with Crippen LogP contribution in [0.3, 0.4) is 0 Å². The van der Waals surface area contributed by atoms with Crippen LogP contribution in [0.4, 0.5) is 11.4 Å². The number of carbonyl (C=O) groups is 2. The summed E-state index contributed by atoms with van der Waals surface area (Å²) in [5.74, 6) is -0.0479. The van der Waals surface area contributed by atoms with Gasteiger partial charge in [-0.15, -0.1) is 0 Å². The Labute approximate surface area is 160 Å². The molecule has 2 N–H and O–H groups in total. The fourth-order valence-corrected chi connectivity index (χ4v) is 3.10. The zero-order valence-electron chi connectivity index (χ0n) is 14.1. The molecule has 2 amide bonds. The van der Waals surface area contributed by atoms with Crippen molar-refractivity contribution in [3.63, 3.8) is 0 Å². The first kappa shape index (κ1) is 17.1. The van der Waals surface area contributed by atoms with Gasteiger partial charge in [-0.1, -0.05) is 54.1 Å². The number of carbonyl (C=O) groups excluding carboxylic acids is 2. The maximum absolute atomic E-state index is 12.4. The minimum Gasteiger partial charge on any atom is -0.474 e. The van der Waals surface area contributed by atoms with Crippen LogP contribution in [0, 0.1) is 0 Å². The van der Waals surface area contributed by atoms with Crippen molar-refractivity contribution in [3.05, 3.63) is 88.9 Å². The van der Waals surface area contributed by atoms with Crippen molar-refractivity contribution in [1.29, 1.82) is 0 Å². The molecule has 5 nitrogen and oxygen atoms in total. The molecule has 1 aliphatic rings. The van der Waals surface area contributed by atoms with Gasteiger partial charge in [0.2, 0.25) is 6.10 Å². The molecule has 0 bridgehead atoms. The lowest BCUT2D eigenvalue weighted by atomic mass is 10.1. The second kappa shape index (κ2) is 7.13. The molecule has 3 aromatic rings. The molecular weight excluding hydrogens is 364 g/mol. The van der Waals surface area contributed by atoms with Crippen LogP contribution in [0.25, 0.3) is 0 Å². The molecule has 1 heterocycles. The van der Waals surface area contributed by atoms with Crippen LogP contribution in [0.5, 0.6) is 5.75 Å². The monoisotopic (exact) mass is 378 g/mol. The third-order valence-corrected chi connectivity index (χ3v) is 4.53. The summed E-state index contributed by atoms with van der Waals surface area (Å²) < 4.78 is 5.85. The van der Waals surface area contributed by atoms with Gasteiger partial charge in [0.15, 0.2) is 0 Å². The number of ether oxygens (including phenoxy) is 1. The third kappa shape index (κ3) is 3.50. The number of benzene rings is 3. The van der Waals surface area contributed by atoms with Crippen molar-refractivity contribution in [2.24, 2.45) is 0 Å². The number of anilines is 2. The average molecular weight is 379 g/mol. The highest BCUT2D eigenvalue weighted by Crippen LogP contribution is 2.36. The molecule has 0 aromatic heterocycles. The van der Waals surface area contributed by atoms with E-state index < -0.39 is 6.10 Å². The van der Waals surface area contributed by atoms with Crippen molar-refractivity contribution >= 4 is 34.8 Å². The van der Waals surface area contributed by atoms with E-state index in [2.05, 4.69) is 10.6 Å². The lowest BCUT2D eigenvalue weighted by Crippen LogP contribution is -2.30. The second-order valence-electron chi connectivity index (χ2n) is 6.04. The summed E-state index contributed by atoms with van der Waals surface area (Å²) in [6, 6.07) is 21.2. The minimum atomic E-state index is -0.706. The molecule has 0 spiro atoms. The molecule has 1 aliphatic heterocycles. The van der Waals surface area contributed by atoms with Gasteiger partial charge in [-0.3, -0.25) is 9.59 Å². The topological polar surface area (TPSA) is 67.4 Å². The molecule has 6 heteroatoms. The first-order chi connectivity index (χ1) is 13.1. The minimum absolute atomic E-state index is 0.261. The Balaban J connectivity index is 1.55. The predicted octanol–water partition coefficient (Wildman–Crippen LogP) is 4.66. The molecule has 0 aliphatic carbocycles. The van der Waals surface area contributed by atoms with Crippen LogP contribution in [-0.4, -0.2) is 11.8 Å². The van der Waals surface area contributed by atoms with Crippen molar-refractivity contribution in [2.45, 2.75) is 6.10 Å². The fourth-order valence-electron chi connectivity index (χ4n) is 2.88. The molecule has 27 heavy (non-hydrogen) atoms. The Kier molecular flexibility index (Phi) is 4.52. The van der Waals surface area contributed by atoms with E-state index in [4.69, 9.17) is 16.3 Å². The van der Waals surface area contributed by atoms with Gasteiger partial charge in [0.1, 0.15) is 5.75 Å². The molecule has 1 unspecified atom stereocenters. The van der Waals surface area contributed by atoms with E-state index in [9.17, 15) is 9.59 Å². The molecule has 0 fully saturated rings. The Bertz CT molecular complexity index is 1020. The van der Waals surface area contributed by atoms with E-state index in [1.807, 2.05) is 30.3 Å². The summed E-state index contributed by atoms with van der Waals surface area (Å²) in [6.07, 6.45) is -0.706. The number of hydrogen-bond acceptors (Lipinski definition) is 3. The van der Waals surface area contributed by atoms with Gasteiger partial charge >= 0.3 is 0 Å². The standard InChI is InChI=1S/C21H15ClN2O3/c22-16-9-5-4-8-15(16)20(25)23-14-10-11-18-17(12-14)24-21(26)19(27-18)13-6-2-1-3-7-13/h1-12,19H,(H,23,25)(H,24,26). The quantitative estimate of drug-likeness (QED) is 0.696. The van der Waals surface area contributed by atoms with E-state index in [-0.39, 0.29) is 11.8 Å². The van der Waals surface area contributed by atoms with Gasteiger partial charge in [0.25, 0.3) is 11.8 Å². The zero-order chi connectivity index (χ0) is 18.8. The fraction of sp³-hybridized carbons (Fsp3) is 0.0476. The van der Waals surface area contributed by atoms with Crippen LogP contribution < -0.4 is 15.4 Å². The highest BCUT2D eigenvalue weighted by Gasteiger charge is 2.29. The van der Waals surface area contributed by atoms with E-state index in [0.717, 1.165) is 5.56 Å². The number of fused-ring (bicyclic) bond motifs is 1. The van der Waals surface area contributed by atoms with Gasteiger partial charge in [-0.25, -0.2) is 0 Å². The summed E-state index contributed by atoms with van der Waals surface area (Å²) in [4.78, 5) is 24.8. The number of amides is 2. The molecule has 4 rings (SSSR count). The predicted molar refractivity (Wildman–Crippen MR) is 104 cm³/mol. The van der Waals surface area contributed by atoms with Gasteiger partial charge in [-0.2, -0.15) is 0 Å². The number of halogens is 1. The SMILES string of the molecule is O=C(Nc1ccc2c(c1)NC(=O)C(c1ccccc1)O2)c1ccccc1Cl. The van der Waals surface area contributed by atoms with Crippen molar-refractivity contribution in [1.82, 2.24) is 0 Å². The van der Waals surface area contributed by atoms with Gasteiger partial charge in [0, 0.05) is 11.3 Å². The van der Waals surface area contributed by atoms with Crippen LogP contribution in [0.1, 0.15) is 22.0 Å². The third-order valence-electron chi connectivity index (χ3n) is 4.20. The smallest absolute Gasteiger partial charge is 0.270 e. The van der Waals surface area contributed by atoms with E-state index in [0.29, 0.717) is 27.7 Å². The summed E-state index contributed by atoms with van der Waals surface area (Å²) in [5.41, 5.74) is 2.18.